The maximum absolute atomic E-state index is 12.5. The van der Waals surface area contributed by atoms with Gasteiger partial charge in [0.25, 0.3) is 11.2 Å². The first-order chi connectivity index (χ1) is 8.42. The highest BCUT2D eigenvalue weighted by atomic mass is 31.2. The van der Waals surface area contributed by atoms with Crippen LogP contribution in [0.5, 0.6) is 0 Å². The molecule has 1 aliphatic rings. The molecule has 0 fully saturated rings. The molecule has 0 radical (unpaired) electrons. The zero-order valence-electron chi connectivity index (χ0n) is 10.3. The molecule has 0 saturated heterocycles. The number of carbonyl (C=O) groups excluding carboxylic acids is 1. The summed E-state index contributed by atoms with van der Waals surface area (Å²) < 4.78 is 22.0. The molecule has 2 rings (SSSR count). The Morgan fingerprint density at radius 3 is 2.39 bits per heavy atom. The maximum Gasteiger partial charge on any atom is 0.376 e. The normalized spacial score (nSPS) is 23.3. The lowest BCUT2D eigenvalue weighted by Gasteiger charge is -2.28. The van der Waals surface area contributed by atoms with Gasteiger partial charge in [-0.3, -0.25) is 9.36 Å². The topological polar surface area (TPSA) is 76.1 Å². The molecular weight excluding hydrogens is 257 g/mol. The molecule has 1 aromatic rings. The highest BCUT2D eigenvalue weighted by molar-refractivity contribution is 7.56. The second-order valence-electron chi connectivity index (χ2n) is 3.92. The predicted molar refractivity (Wildman–Crippen MR) is 65.4 cm³/mol. The Balaban J connectivity index is 2.72. The fourth-order valence-electron chi connectivity index (χ4n) is 2.12. The number of benzene rings is 1. The number of rotatable bonds is 3. The van der Waals surface area contributed by atoms with Crippen LogP contribution in [0.25, 0.3) is 0 Å². The van der Waals surface area contributed by atoms with Gasteiger partial charge in [0.2, 0.25) is 0 Å². The summed E-state index contributed by atoms with van der Waals surface area (Å²) in [4.78, 5) is 13.4. The molecule has 18 heavy (non-hydrogen) atoms. The van der Waals surface area contributed by atoms with E-state index in [1.807, 2.05) is 0 Å². The Kier molecular flexibility index (Phi) is 3.07. The number of aliphatic hydroxyl groups is 1. The zero-order valence-corrected chi connectivity index (χ0v) is 11.2. The summed E-state index contributed by atoms with van der Waals surface area (Å²) in [7, 11) is -0.237. The van der Waals surface area contributed by atoms with Crippen molar-refractivity contribution in [2.24, 2.45) is 0 Å². The first-order valence-corrected chi connectivity index (χ1v) is 6.78. The summed E-state index contributed by atoms with van der Waals surface area (Å²) in [5, 5.41) is 8.31. The van der Waals surface area contributed by atoms with Crippen LogP contribution in [0.1, 0.15) is 5.56 Å². The summed E-state index contributed by atoms with van der Waals surface area (Å²) >= 11 is 0. The molecule has 7 heteroatoms. The van der Waals surface area contributed by atoms with Crippen molar-refractivity contribution in [3.8, 4) is 0 Å². The third kappa shape index (κ3) is 1.40. The summed E-state index contributed by atoms with van der Waals surface area (Å²) in [5.74, 6) is -0.726. The summed E-state index contributed by atoms with van der Waals surface area (Å²) in [6.45, 7) is 0. The van der Waals surface area contributed by atoms with Gasteiger partial charge in [-0.2, -0.15) is 0 Å². The molecule has 0 spiro atoms. The molecule has 1 unspecified atom stereocenters. The fraction of sp³-hybridized carbons (Fsp3) is 0.364. The summed E-state index contributed by atoms with van der Waals surface area (Å²) in [6.07, 6.45) is 0. The molecule has 1 heterocycles. The van der Waals surface area contributed by atoms with Gasteiger partial charge in [-0.15, -0.1) is 0 Å². The minimum absolute atomic E-state index is 0.226. The first-order valence-electron chi connectivity index (χ1n) is 5.24. The number of para-hydroxylation sites is 1. The van der Waals surface area contributed by atoms with Crippen molar-refractivity contribution in [1.82, 2.24) is 0 Å². The third-order valence-corrected chi connectivity index (χ3v) is 5.31. The van der Waals surface area contributed by atoms with Gasteiger partial charge < -0.3 is 19.1 Å². The number of amides is 1. The molecule has 1 atom stereocenters. The number of carbonyl (C=O) groups is 1. The van der Waals surface area contributed by atoms with Crippen LogP contribution in [-0.2, 0) is 23.7 Å². The van der Waals surface area contributed by atoms with Gasteiger partial charge in [-0.05, 0) is 6.07 Å². The van der Waals surface area contributed by atoms with E-state index in [0.717, 1.165) is 14.2 Å². The number of nitrogens with zero attached hydrogens (tertiary/aromatic N) is 1. The van der Waals surface area contributed by atoms with Crippen molar-refractivity contribution in [3.63, 3.8) is 0 Å². The zero-order chi connectivity index (χ0) is 13.6. The molecule has 1 aromatic carbocycles. The number of hydrogen-bond acceptors (Lipinski definition) is 5. The molecule has 6 nitrogen and oxygen atoms in total. The number of fused-ring (bicyclic) bond motifs is 1. The average Bonchev–Trinajstić information content (AvgIpc) is 2.62. The van der Waals surface area contributed by atoms with Crippen LogP contribution in [0.15, 0.2) is 24.3 Å². The molecule has 98 valence electrons. The van der Waals surface area contributed by atoms with Crippen LogP contribution in [0.2, 0.25) is 0 Å². The molecular formula is C11H14NO5P. The standard InChI is InChI=1S/C11H14NO5P/c1-12-9-7-5-4-6-8(9)11(14,10(12)13)18(15,16-2)17-3/h4-7,14H,1-3H3. The summed E-state index contributed by atoms with van der Waals surface area (Å²) in [6, 6.07) is 6.55. The largest absolute Gasteiger partial charge is 0.376 e. The molecule has 1 aliphatic heterocycles. The van der Waals surface area contributed by atoms with Crippen molar-refractivity contribution in [2.75, 3.05) is 26.2 Å². The van der Waals surface area contributed by atoms with Gasteiger partial charge >= 0.3 is 7.60 Å². The number of likely N-dealkylation sites (N-methyl/N-ethyl adjacent to an activating group) is 1. The van der Waals surface area contributed by atoms with Crippen molar-refractivity contribution in [3.05, 3.63) is 29.8 Å². The third-order valence-electron chi connectivity index (χ3n) is 3.12. The first kappa shape index (κ1) is 13.2. The van der Waals surface area contributed by atoms with Crippen LogP contribution >= 0.6 is 7.60 Å². The maximum atomic E-state index is 12.5. The van der Waals surface area contributed by atoms with E-state index in [2.05, 4.69) is 0 Å². The minimum Gasteiger partial charge on any atom is -0.366 e. The quantitative estimate of drug-likeness (QED) is 0.838. The van der Waals surface area contributed by atoms with Crippen molar-refractivity contribution < 1.29 is 23.5 Å². The highest BCUT2D eigenvalue weighted by Crippen LogP contribution is 2.66. The monoisotopic (exact) mass is 271 g/mol. The second kappa shape index (κ2) is 4.17. The van der Waals surface area contributed by atoms with E-state index in [1.165, 1.54) is 18.0 Å². The summed E-state index contributed by atoms with van der Waals surface area (Å²) in [5.41, 5.74) is 0.712. The van der Waals surface area contributed by atoms with Crippen LogP contribution in [0.4, 0.5) is 5.69 Å². The average molecular weight is 271 g/mol. The Morgan fingerprint density at radius 2 is 1.83 bits per heavy atom. The smallest absolute Gasteiger partial charge is 0.366 e. The molecule has 1 amide bonds. The minimum atomic E-state index is -4.00. The van der Waals surface area contributed by atoms with E-state index in [-0.39, 0.29) is 5.56 Å². The van der Waals surface area contributed by atoms with Crippen LogP contribution in [0.3, 0.4) is 0 Å². The lowest BCUT2D eigenvalue weighted by molar-refractivity contribution is -0.130. The van der Waals surface area contributed by atoms with Gasteiger partial charge in [0, 0.05) is 26.8 Å². The molecule has 1 N–H and O–H groups in total. The SMILES string of the molecule is COP(=O)(OC)C1(O)C(=O)N(C)c2ccccc21. The van der Waals surface area contributed by atoms with Gasteiger partial charge in [0.15, 0.2) is 0 Å². The Morgan fingerprint density at radius 1 is 1.28 bits per heavy atom. The van der Waals surface area contributed by atoms with Gasteiger partial charge in [-0.1, -0.05) is 18.2 Å². The Labute approximate surface area is 105 Å². The lowest BCUT2D eigenvalue weighted by atomic mass is 10.1. The molecule has 0 saturated carbocycles. The van der Waals surface area contributed by atoms with E-state index in [4.69, 9.17) is 9.05 Å². The number of hydrogen-bond donors (Lipinski definition) is 1. The highest BCUT2D eigenvalue weighted by Gasteiger charge is 2.62. The molecule has 0 aromatic heterocycles. The fourth-order valence-corrected chi connectivity index (χ4v) is 3.67. The van der Waals surface area contributed by atoms with Crippen molar-refractivity contribution in [2.45, 2.75) is 5.34 Å². The van der Waals surface area contributed by atoms with Crippen LogP contribution in [-0.4, -0.2) is 32.3 Å². The van der Waals surface area contributed by atoms with Gasteiger partial charge in [0.1, 0.15) is 0 Å². The van der Waals surface area contributed by atoms with E-state index in [9.17, 15) is 14.5 Å². The van der Waals surface area contributed by atoms with Crippen LogP contribution < -0.4 is 4.90 Å². The Bertz CT molecular complexity index is 538. The van der Waals surface area contributed by atoms with E-state index >= 15 is 0 Å². The van der Waals surface area contributed by atoms with Crippen molar-refractivity contribution >= 4 is 19.2 Å². The lowest BCUT2D eigenvalue weighted by Crippen LogP contribution is -2.39. The predicted octanol–water partition coefficient (Wildman–Crippen LogP) is 1.29. The second-order valence-corrected chi connectivity index (χ2v) is 6.29. The Hall–Kier alpha value is -1.20. The molecule has 0 aliphatic carbocycles. The van der Waals surface area contributed by atoms with E-state index in [1.54, 1.807) is 18.2 Å². The van der Waals surface area contributed by atoms with Gasteiger partial charge in [-0.25, -0.2) is 0 Å². The number of anilines is 1. The van der Waals surface area contributed by atoms with E-state index < -0.39 is 18.8 Å². The van der Waals surface area contributed by atoms with Crippen LogP contribution in [0, 0.1) is 0 Å². The molecule has 0 bridgehead atoms. The van der Waals surface area contributed by atoms with E-state index in [0.29, 0.717) is 5.69 Å². The van der Waals surface area contributed by atoms with Crippen molar-refractivity contribution in [1.29, 1.82) is 0 Å². The van der Waals surface area contributed by atoms with Gasteiger partial charge in [0.05, 0.1) is 5.69 Å².